The summed E-state index contributed by atoms with van der Waals surface area (Å²) in [6.07, 6.45) is 1.37. The molecule has 6 heteroatoms. The predicted molar refractivity (Wildman–Crippen MR) is 105 cm³/mol. The number of hydrogen-bond donors (Lipinski definition) is 1. The van der Waals surface area contributed by atoms with Gasteiger partial charge in [-0.15, -0.1) is 0 Å². The Hall–Kier alpha value is -2.89. The number of ether oxygens (including phenoxy) is 1. The number of carbonyl (C=O) groups excluding carboxylic acids is 2. The fourth-order valence-electron chi connectivity index (χ4n) is 3.18. The summed E-state index contributed by atoms with van der Waals surface area (Å²) in [6.45, 7) is 5.19. The minimum absolute atomic E-state index is 0.00210. The molecule has 2 amide bonds. The molecule has 0 atom stereocenters. The standard InChI is InChI=1S/C22H25FN2O3/c1-15-3-8-20(13-16(15)2)28-14-21(26)25-11-9-19(10-12-25)24-22(27)17-4-6-18(23)7-5-17/h3-8,13,19H,9-12,14H2,1-2H3,(H,24,27). The van der Waals surface area contributed by atoms with Crippen molar-refractivity contribution in [2.24, 2.45) is 0 Å². The number of halogens is 1. The predicted octanol–water partition coefficient (Wildman–Crippen LogP) is 3.24. The van der Waals surface area contributed by atoms with Crippen LogP contribution in [0.1, 0.15) is 34.3 Å². The van der Waals surface area contributed by atoms with Crippen LogP contribution < -0.4 is 10.1 Å². The Kier molecular flexibility index (Phi) is 6.29. The first-order valence-electron chi connectivity index (χ1n) is 9.46. The summed E-state index contributed by atoms with van der Waals surface area (Å²) in [7, 11) is 0. The van der Waals surface area contributed by atoms with Crippen LogP contribution in [0.15, 0.2) is 42.5 Å². The van der Waals surface area contributed by atoms with E-state index in [0.717, 1.165) is 5.56 Å². The quantitative estimate of drug-likeness (QED) is 0.861. The maximum atomic E-state index is 13.0. The molecule has 1 saturated heterocycles. The van der Waals surface area contributed by atoms with E-state index < -0.39 is 0 Å². The molecule has 2 aromatic rings. The Morgan fingerprint density at radius 2 is 1.75 bits per heavy atom. The summed E-state index contributed by atoms with van der Waals surface area (Å²) in [6, 6.07) is 11.2. The number of hydrogen-bond acceptors (Lipinski definition) is 3. The maximum Gasteiger partial charge on any atom is 0.260 e. The van der Waals surface area contributed by atoms with Gasteiger partial charge in [0.25, 0.3) is 11.8 Å². The Morgan fingerprint density at radius 3 is 2.39 bits per heavy atom. The van der Waals surface area contributed by atoms with Crippen molar-refractivity contribution in [1.29, 1.82) is 0 Å². The Bertz CT molecular complexity index is 843. The van der Waals surface area contributed by atoms with Gasteiger partial charge in [-0.25, -0.2) is 4.39 Å². The minimum atomic E-state index is -0.369. The largest absolute Gasteiger partial charge is 0.484 e. The lowest BCUT2D eigenvalue weighted by molar-refractivity contribution is -0.134. The molecule has 1 N–H and O–H groups in total. The zero-order valence-electron chi connectivity index (χ0n) is 16.2. The number of aryl methyl sites for hydroxylation is 2. The monoisotopic (exact) mass is 384 g/mol. The van der Waals surface area contributed by atoms with Crippen LogP contribution >= 0.6 is 0 Å². The highest BCUT2D eigenvalue weighted by Gasteiger charge is 2.24. The summed E-state index contributed by atoms with van der Waals surface area (Å²) in [5.74, 6) is 0.0497. The molecule has 0 radical (unpaired) electrons. The Labute approximate surface area is 164 Å². The van der Waals surface area contributed by atoms with Crippen molar-refractivity contribution in [3.63, 3.8) is 0 Å². The molecule has 148 valence electrons. The van der Waals surface area contributed by atoms with Crippen LogP contribution in [0.3, 0.4) is 0 Å². The highest BCUT2D eigenvalue weighted by Crippen LogP contribution is 2.17. The van der Waals surface area contributed by atoms with Gasteiger partial charge in [0, 0.05) is 24.7 Å². The molecule has 5 nitrogen and oxygen atoms in total. The summed E-state index contributed by atoms with van der Waals surface area (Å²) >= 11 is 0. The highest BCUT2D eigenvalue weighted by molar-refractivity contribution is 5.94. The van der Waals surface area contributed by atoms with Crippen molar-refractivity contribution in [1.82, 2.24) is 10.2 Å². The topological polar surface area (TPSA) is 58.6 Å². The van der Waals surface area contributed by atoms with E-state index >= 15 is 0 Å². The second-order valence-corrected chi connectivity index (χ2v) is 7.17. The van der Waals surface area contributed by atoms with E-state index in [1.165, 1.54) is 29.8 Å². The number of nitrogens with one attached hydrogen (secondary N) is 1. The number of likely N-dealkylation sites (tertiary alicyclic amines) is 1. The molecule has 1 aliphatic rings. The van der Waals surface area contributed by atoms with Crippen molar-refractivity contribution in [3.8, 4) is 5.75 Å². The molecule has 3 rings (SSSR count). The second-order valence-electron chi connectivity index (χ2n) is 7.17. The number of rotatable bonds is 5. The fourth-order valence-corrected chi connectivity index (χ4v) is 3.18. The first-order chi connectivity index (χ1) is 13.4. The van der Waals surface area contributed by atoms with Gasteiger partial charge in [0.2, 0.25) is 0 Å². The van der Waals surface area contributed by atoms with Gasteiger partial charge in [-0.05, 0) is 74.2 Å². The van der Waals surface area contributed by atoms with Gasteiger partial charge in [0.15, 0.2) is 6.61 Å². The van der Waals surface area contributed by atoms with Crippen molar-refractivity contribution in [2.75, 3.05) is 19.7 Å². The van der Waals surface area contributed by atoms with E-state index in [1.54, 1.807) is 4.90 Å². The molecular formula is C22H25FN2O3. The SMILES string of the molecule is Cc1ccc(OCC(=O)N2CCC(NC(=O)c3ccc(F)cc3)CC2)cc1C. The van der Waals surface area contributed by atoms with E-state index in [2.05, 4.69) is 5.32 Å². The van der Waals surface area contributed by atoms with Gasteiger partial charge in [0.1, 0.15) is 11.6 Å². The van der Waals surface area contributed by atoms with Crippen LogP contribution in [-0.2, 0) is 4.79 Å². The molecule has 0 aliphatic carbocycles. The smallest absolute Gasteiger partial charge is 0.260 e. The lowest BCUT2D eigenvalue weighted by Gasteiger charge is -2.32. The molecular weight excluding hydrogens is 359 g/mol. The van der Waals surface area contributed by atoms with Gasteiger partial charge in [-0.1, -0.05) is 6.07 Å². The first-order valence-corrected chi connectivity index (χ1v) is 9.46. The highest BCUT2D eigenvalue weighted by atomic mass is 19.1. The van der Waals surface area contributed by atoms with E-state index in [4.69, 9.17) is 4.74 Å². The van der Waals surface area contributed by atoms with Crippen LogP contribution in [0.25, 0.3) is 0 Å². The third-order valence-electron chi connectivity index (χ3n) is 5.13. The lowest BCUT2D eigenvalue weighted by atomic mass is 10.0. The molecule has 0 spiro atoms. The first kappa shape index (κ1) is 19.9. The van der Waals surface area contributed by atoms with Crippen molar-refractivity contribution in [3.05, 3.63) is 65.0 Å². The maximum absolute atomic E-state index is 13.0. The summed E-state index contributed by atoms with van der Waals surface area (Å²) in [4.78, 5) is 26.4. The normalized spacial score (nSPS) is 14.6. The zero-order chi connectivity index (χ0) is 20.1. The van der Waals surface area contributed by atoms with Gasteiger partial charge in [0.05, 0.1) is 0 Å². The van der Waals surface area contributed by atoms with E-state index in [1.807, 2.05) is 32.0 Å². The number of nitrogens with zero attached hydrogens (tertiary/aromatic N) is 1. The molecule has 28 heavy (non-hydrogen) atoms. The zero-order valence-corrected chi connectivity index (χ0v) is 16.2. The number of carbonyl (C=O) groups is 2. The number of piperidine rings is 1. The van der Waals surface area contributed by atoms with Crippen LogP contribution in [-0.4, -0.2) is 42.5 Å². The van der Waals surface area contributed by atoms with Gasteiger partial charge >= 0.3 is 0 Å². The number of amides is 2. The van der Waals surface area contributed by atoms with E-state index in [0.29, 0.717) is 37.2 Å². The Balaban J connectivity index is 1.44. The van der Waals surface area contributed by atoms with E-state index in [-0.39, 0.29) is 30.3 Å². The van der Waals surface area contributed by atoms with Gasteiger partial charge in [-0.2, -0.15) is 0 Å². The molecule has 0 saturated carbocycles. The average Bonchev–Trinajstić information content (AvgIpc) is 2.69. The third-order valence-corrected chi connectivity index (χ3v) is 5.13. The molecule has 2 aromatic carbocycles. The van der Waals surface area contributed by atoms with Crippen LogP contribution in [0.2, 0.25) is 0 Å². The van der Waals surface area contributed by atoms with Crippen LogP contribution in [0, 0.1) is 19.7 Å². The molecule has 0 bridgehead atoms. The molecule has 1 fully saturated rings. The van der Waals surface area contributed by atoms with Crippen molar-refractivity contribution < 1.29 is 18.7 Å². The third kappa shape index (κ3) is 5.09. The van der Waals surface area contributed by atoms with Gasteiger partial charge < -0.3 is 15.0 Å². The van der Waals surface area contributed by atoms with Crippen molar-refractivity contribution in [2.45, 2.75) is 32.7 Å². The van der Waals surface area contributed by atoms with E-state index in [9.17, 15) is 14.0 Å². The molecule has 1 aliphatic heterocycles. The summed E-state index contributed by atoms with van der Waals surface area (Å²) in [5, 5.41) is 2.95. The minimum Gasteiger partial charge on any atom is -0.484 e. The Morgan fingerprint density at radius 1 is 1.07 bits per heavy atom. The van der Waals surface area contributed by atoms with Crippen LogP contribution in [0.4, 0.5) is 4.39 Å². The summed E-state index contributed by atoms with van der Waals surface area (Å²) in [5.41, 5.74) is 2.74. The average molecular weight is 384 g/mol. The summed E-state index contributed by atoms with van der Waals surface area (Å²) < 4.78 is 18.6. The van der Waals surface area contributed by atoms with Gasteiger partial charge in [-0.3, -0.25) is 9.59 Å². The molecule has 1 heterocycles. The lowest BCUT2D eigenvalue weighted by Crippen LogP contribution is -2.47. The molecule has 0 aromatic heterocycles. The fraction of sp³-hybridized carbons (Fsp3) is 0.364. The van der Waals surface area contributed by atoms with Crippen LogP contribution in [0.5, 0.6) is 5.75 Å². The second kappa shape index (κ2) is 8.87. The van der Waals surface area contributed by atoms with Crippen molar-refractivity contribution >= 4 is 11.8 Å². The number of benzene rings is 2. The molecule has 0 unspecified atom stereocenters.